The van der Waals surface area contributed by atoms with Crippen LogP contribution in [-0.2, 0) is 11.3 Å². The molecule has 0 atom stereocenters. The van der Waals surface area contributed by atoms with E-state index in [1.165, 1.54) is 0 Å². The number of carbonyl (C=O) groups excluding carboxylic acids is 1. The minimum absolute atomic E-state index is 0. The number of aliphatic imine (C=N–C) groups is 1. The van der Waals surface area contributed by atoms with Crippen LogP contribution < -0.4 is 25.4 Å². The Morgan fingerprint density at radius 2 is 1.65 bits per heavy atom. The number of halogens is 1. The second-order valence-electron chi connectivity index (χ2n) is 6.53. The van der Waals surface area contributed by atoms with Gasteiger partial charge in [-0.25, -0.2) is 4.99 Å². The van der Waals surface area contributed by atoms with E-state index in [1.807, 2.05) is 68.4 Å². The third kappa shape index (κ3) is 11.5. The highest BCUT2D eigenvalue weighted by atomic mass is 127. The fraction of sp³-hybridized carbons (Fsp3) is 0.391. The molecule has 1 amide bonds. The Bertz CT molecular complexity index is 787. The number of guanidine groups is 1. The number of nitrogens with one attached hydrogen (secondary N) is 3. The van der Waals surface area contributed by atoms with E-state index in [1.54, 1.807) is 0 Å². The summed E-state index contributed by atoms with van der Waals surface area (Å²) in [6, 6.07) is 17.4. The molecular formula is C23H33IN4O3. The van der Waals surface area contributed by atoms with Crippen molar-refractivity contribution in [1.82, 2.24) is 16.0 Å². The number of hydrogen-bond donors (Lipinski definition) is 3. The van der Waals surface area contributed by atoms with Crippen molar-refractivity contribution >= 4 is 35.8 Å². The first-order valence-corrected chi connectivity index (χ1v) is 10.4. The van der Waals surface area contributed by atoms with Gasteiger partial charge in [0.05, 0.1) is 13.2 Å². The Labute approximate surface area is 202 Å². The van der Waals surface area contributed by atoms with Crippen LogP contribution in [0.4, 0.5) is 0 Å². The van der Waals surface area contributed by atoms with Crippen LogP contribution in [0.15, 0.2) is 59.6 Å². The zero-order valence-corrected chi connectivity index (χ0v) is 20.6. The monoisotopic (exact) mass is 540 g/mol. The van der Waals surface area contributed by atoms with Crippen LogP contribution in [0.2, 0.25) is 0 Å². The number of hydrogen-bond acceptors (Lipinski definition) is 4. The molecular weight excluding hydrogens is 507 g/mol. The van der Waals surface area contributed by atoms with Gasteiger partial charge in [-0.3, -0.25) is 4.79 Å². The number of carbonyl (C=O) groups is 1. The minimum Gasteiger partial charge on any atom is -0.494 e. The van der Waals surface area contributed by atoms with E-state index in [-0.39, 0.29) is 36.5 Å². The zero-order chi connectivity index (χ0) is 21.4. The van der Waals surface area contributed by atoms with Gasteiger partial charge in [-0.05, 0) is 50.1 Å². The Kier molecular flexibility index (Phi) is 13.9. The van der Waals surface area contributed by atoms with E-state index >= 15 is 0 Å². The first-order valence-electron chi connectivity index (χ1n) is 10.4. The number of amides is 1. The summed E-state index contributed by atoms with van der Waals surface area (Å²) in [4.78, 5) is 16.2. The van der Waals surface area contributed by atoms with Gasteiger partial charge in [-0.1, -0.05) is 30.3 Å². The van der Waals surface area contributed by atoms with Crippen LogP contribution >= 0.6 is 24.0 Å². The summed E-state index contributed by atoms with van der Waals surface area (Å²) in [5, 5.41) is 9.28. The maximum Gasteiger partial charge on any atom is 0.257 e. The number of nitrogens with zero attached hydrogens (tertiary/aromatic N) is 1. The molecule has 0 aliphatic rings. The maximum atomic E-state index is 11.5. The number of ether oxygens (including phenoxy) is 2. The fourth-order valence-electron chi connectivity index (χ4n) is 2.63. The molecule has 2 aromatic carbocycles. The van der Waals surface area contributed by atoms with Crippen LogP contribution in [0.1, 0.15) is 25.8 Å². The lowest BCUT2D eigenvalue weighted by Gasteiger charge is -2.12. The molecule has 0 spiro atoms. The Balaban J connectivity index is 0.00000480. The summed E-state index contributed by atoms with van der Waals surface area (Å²) in [6.45, 7) is 7.20. The van der Waals surface area contributed by atoms with Crippen molar-refractivity contribution in [3.05, 3.63) is 60.2 Å². The molecule has 8 heteroatoms. The van der Waals surface area contributed by atoms with E-state index in [4.69, 9.17) is 9.47 Å². The second-order valence-corrected chi connectivity index (χ2v) is 6.53. The predicted molar refractivity (Wildman–Crippen MR) is 135 cm³/mol. The van der Waals surface area contributed by atoms with Crippen molar-refractivity contribution in [3.63, 3.8) is 0 Å². The molecule has 0 radical (unpaired) electrons. The molecule has 170 valence electrons. The third-order valence-corrected chi connectivity index (χ3v) is 4.03. The molecule has 2 rings (SSSR count). The second kappa shape index (κ2) is 16.2. The molecule has 0 aliphatic heterocycles. The molecule has 0 saturated carbocycles. The standard InChI is InChI=1S/C23H32N4O3.HI/c1-3-24-22(28)18-30-21-13-8-10-19(16-21)17-27-23(25-4-2)26-14-9-15-29-20-11-6-5-7-12-20;/h5-8,10-13,16H,3-4,9,14-15,17-18H2,1-2H3,(H,24,28)(H2,25,26,27);1H. The van der Waals surface area contributed by atoms with Crippen molar-refractivity contribution in [1.29, 1.82) is 0 Å². The lowest BCUT2D eigenvalue weighted by Crippen LogP contribution is -2.38. The number of benzene rings is 2. The Morgan fingerprint density at radius 1 is 0.903 bits per heavy atom. The largest absolute Gasteiger partial charge is 0.494 e. The summed E-state index contributed by atoms with van der Waals surface area (Å²) in [5.74, 6) is 2.17. The molecule has 0 heterocycles. The fourth-order valence-corrected chi connectivity index (χ4v) is 2.63. The minimum atomic E-state index is -0.129. The van der Waals surface area contributed by atoms with Gasteiger partial charge in [0.2, 0.25) is 0 Å². The van der Waals surface area contributed by atoms with Crippen LogP contribution in [0, 0.1) is 0 Å². The van der Waals surface area contributed by atoms with Gasteiger partial charge in [-0.15, -0.1) is 24.0 Å². The van der Waals surface area contributed by atoms with Crippen LogP contribution in [0.5, 0.6) is 11.5 Å². The van der Waals surface area contributed by atoms with Crippen molar-refractivity contribution < 1.29 is 14.3 Å². The van der Waals surface area contributed by atoms with Crippen molar-refractivity contribution in [2.24, 2.45) is 4.99 Å². The molecule has 0 bridgehead atoms. The molecule has 2 aromatic rings. The van der Waals surface area contributed by atoms with Crippen LogP contribution in [-0.4, -0.2) is 44.7 Å². The first kappa shape index (κ1) is 26.5. The molecule has 7 nitrogen and oxygen atoms in total. The van der Waals surface area contributed by atoms with E-state index in [2.05, 4.69) is 20.9 Å². The Hall–Kier alpha value is -2.49. The smallest absolute Gasteiger partial charge is 0.257 e. The summed E-state index contributed by atoms with van der Waals surface area (Å²) in [7, 11) is 0. The lowest BCUT2D eigenvalue weighted by molar-refractivity contribution is -0.122. The molecule has 0 saturated heterocycles. The zero-order valence-electron chi connectivity index (χ0n) is 18.2. The first-order chi connectivity index (χ1) is 14.7. The molecule has 0 unspecified atom stereocenters. The van der Waals surface area contributed by atoms with Crippen LogP contribution in [0.25, 0.3) is 0 Å². The number of rotatable bonds is 12. The van der Waals surface area contributed by atoms with Gasteiger partial charge in [0.1, 0.15) is 11.5 Å². The summed E-state index contributed by atoms with van der Waals surface area (Å²) in [6.07, 6.45) is 0.864. The summed E-state index contributed by atoms with van der Waals surface area (Å²) in [5.41, 5.74) is 1.01. The Morgan fingerprint density at radius 3 is 2.39 bits per heavy atom. The SMILES string of the molecule is CCNC(=O)COc1cccc(CN=C(NCC)NCCCOc2ccccc2)c1.I. The van der Waals surface area contributed by atoms with Gasteiger partial charge < -0.3 is 25.4 Å². The maximum absolute atomic E-state index is 11.5. The predicted octanol–water partition coefficient (Wildman–Crippen LogP) is 3.34. The summed E-state index contributed by atoms with van der Waals surface area (Å²) < 4.78 is 11.2. The number of para-hydroxylation sites is 1. The normalized spacial score (nSPS) is 10.6. The molecule has 3 N–H and O–H groups in total. The lowest BCUT2D eigenvalue weighted by atomic mass is 10.2. The average Bonchev–Trinajstić information content (AvgIpc) is 2.77. The molecule has 0 aliphatic carbocycles. The topological polar surface area (TPSA) is 84.0 Å². The van der Waals surface area contributed by atoms with Gasteiger partial charge in [0, 0.05) is 19.6 Å². The van der Waals surface area contributed by atoms with Crippen molar-refractivity contribution in [2.45, 2.75) is 26.8 Å². The van der Waals surface area contributed by atoms with E-state index < -0.39 is 0 Å². The third-order valence-electron chi connectivity index (χ3n) is 4.03. The highest BCUT2D eigenvalue weighted by molar-refractivity contribution is 14.0. The van der Waals surface area contributed by atoms with Gasteiger partial charge in [0.15, 0.2) is 12.6 Å². The highest BCUT2D eigenvalue weighted by Crippen LogP contribution is 2.14. The summed E-state index contributed by atoms with van der Waals surface area (Å²) >= 11 is 0. The van der Waals surface area contributed by atoms with E-state index in [0.29, 0.717) is 25.4 Å². The van der Waals surface area contributed by atoms with Gasteiger partial charge in [0.25, 0.3) is 5.91 Å². The quantitative estimate of drug-likeness (QED) is 0.167. The van der Waals surface area contributed by atoms with E-state index in [0.717, 1.165) is 36.8 Å². The van der Waals surface area contributed by atoms with Gasteiger partial charge >= 0.3 is 0 Å². The highest BCUT2D eigenvalue weighted by Gasteiger charge is 2.03. The van der Waals surface area contributed by atoms with Crippen LogP contribution in [0.3, 0.4) is 0 Å². The van der Waals surface area contributed by atoms with Gasteiger partial charge in [-0.2, -0.15) is 0 Å². The molecule has 0 aromatic heterocycles. The van der Waals surface area contributed by atoms with Crippen molar-refractivity contribution in [2.75, 3.05) is 32.8 Å². The molecule has 0 fully saturated rings. The van der Waals surface area contributed by atoms with Crippen molar-refractivity contribution in [3.8, 4) is 11.5 Å². The molecule has 31 heavy (non-hydrogen) atoms. The average molecular weight is 540 g/mol. The number of likely N-dealkylation sites (N-methyl/N-ethyl adjacent to an activating group) is 1. The van der Waals surface area contributed by atoms with E-state index in [9.17, 15) is 4.79 Å².